The first-order valence-corrected chi connectivity index (χ1v) is 9.43. The van der Waals surface area contributed by atoms with E-state index in [2.05, 4.69) is 15.5 Å². The highest BCUT2D eigenvalue weighted by Gasteiger charge is 2.13. The summed E-state index contributed by atoms with van der Waals surface area (Å²) >= 11 is 0. The third-order valence-electron chi connectivity index (χ3n) is 4.42. The molecule has 0 radical (unpaired) electrons. The molecule has 0 aliphatic carbocycles. The highest BCUT2D eigenvalue weighted by Crippen LogP contribution is 2.18. The van der Waals surface area contributed by atoms with Crippen molar-refractivity contribution in [3.8, 4) is 0 Å². The van der Waals surface area contributed by atoms with Crippen LogP contribution in [-0.4, -0.2) is 35.1 Å². The van der Waals surface area contributed by atoms with Crippen LogP contribution in [-0.2, 0) is 9.59 Å². The molecule has 0 atom stereocenters. The van der Waals surface area contributed by atoms with Crippen molar-refractivity contribution in [2.24, 2.45) is 0 Å². The fraction of sp³-hybridized carbons (Fsp3) is 0.227. The van der Waals surface area contributed by atoms with Crippen LogP contribution in [0.4, 0.5) is 5.69 Å². The number of nitrogens with zero attached hydrogens (tertiary/aromatic N) is 2. The quantitative estimate of drug-likeness (QED) is 0.466. The molecule has 3 rings (SSSR count). The number of rotatable bonds is 8. The van der Waals surface area contributed by atoms with E-state index in [0.29, 0.717) is 25.9 Å². The molecule has 0 aliphatic heterocycles. The Morgan fingerprint density at radius 3 is 2.64 bits per heavy atom. The van der Waals surface area contributed by atoms with Gasteiger partial charge in [0.25, 0.3) is 5.91 Å². The Morgan fingerprint density at radius 2 is 1.86 bits per heavy atom. The number of anilines is 1. The second-order valence-corrected chi connectivity index (χ2v) is 6.37. The van der Waals surface area contributed by atoms with Crippen LogP contribution in [0.5, 0.6) is 0 Å². The van der Waals surface area contributed by atoms with Gasteiger partial charge in [-0.15, -0.1) is 0 Å². The number of benzene rings is 2. The van der Waals surface area contributed by atoms with Gasteiger partial charge in [0.2, 0.25) is 5.91 Å². The molecule has 0 saturated heterocycles. The molecule has 0 aliphatic rings. The fourth-order valence-electron chi connectivity index (χ4n) is 2.92. The lowest BCUT2D eigenvalue weighted by atomic mass is 10.2. The van der Waals surface area contributed by atoms with Crippen LogP contribution in [0.3, 0.4) is 0 Å². The lowest BCUT2D eigenvalue weighted by Crippen LogP contribution is -2.33. The summed E-state index contributed by atoms with van der Waals surface area (Å²) in [4.78, 5) is 26.0. The Labute approximate surface area is 164 Å². The van der Waals surface area contributed by atoms with Crippen molar-refractivity contribution >= 4 is 34.5 Å². The van der Waals surface area contributed by atoms with Crippen molar-refractivity contribution < 1.29 is 9.59 Å². The van der Waals surface area contributed by atoms with Gasteiger partial charge in [0, 0.05) is 36.7 Å². The monoisotopic (exact) mass is 376 g/mol. The molecule has 28 heavy (non-hydrogen) atoms. The standard InChI is InChI=1S/C22H24N4O2/c1-2-21(27)23-15-8-16-26(17-9-4-3-5-10-17)22(28)14-13-20-18-11-6-7-12-19(18)24-25-20/h3-7,9-14H,2,8,15-16H2,1H3,(H,23,27)(H,24,25)/b14-13+. The molecular formula is C22H24N4O2. The molecule has 144 valence electrons. The van der Waals surface area contributed by atoms with E-state index in [1.807, 2.05) is 61.5 Å². The van der Waals surface area contributed by atoms with Crippen LogP contribution in [0.1, 0.15) is 25.5 Å². The van der Waals surface area contributed by atoms with Crippen LogP contribution in [0.2, 0.25) is 0 Å². The second kappa shape index (κ2) is 9.50. The maximum absolute atomic E-state index is 12.9. The van der Waals surface area contributed by atoms with Crippen molar-refractivity contribution in [3.63, 3.8) is 0 Å². The zero-order valence-corrected chi connectivity index (χ0v) is 15.9. The van der Waals surface area contributed by atoms with Gasteiger partial charge >= 0.3 is 0 Å². The van der Waals surface area contributed by atoms with E-state index in [1.54, 1.807) is 17.1 Å². The zero-order chi connectivity index (χ0) is 19.8. The summed E-state index contributed by atoms with van der Waals surface area (Å²) in [5, 5.41) is 11.1. The highest BCUT2D eigenvalue weighted by atomic mass is 16.2. The Hall–Kier alpha value is -3.41. The molecule has 2 aromatic carbocycles. The third kappa shape index (κ3) is 4.85. The molecule has 6 heteroatoms. The first-order valence-electron chi connectivity index (χ1n) is 9.43. The highest BCUT2D eigenvalue weighted by molar-refractivity contribution is 6.04. The predicted molar refractivity (Wildman–Crippen MR) is 112 cm³/mol. The maximum atomic E-state index is 12.9. The number of amides is 2. The molecule has 2 N–H and O–H groups in total. The van der Waals surface area contributed by atoms with Crippen LogP contribution in [0, 0.1) is 0 Å². The number of carbonyl (C=O) groups is 2. The van der Waals surface area contributed by atoms with Gasteiger partial charge in [-0.3, -0.25) is 14.7 Å². The molecule has 1 heterocycles. The average molecular weight is 376 g/mol. The van der Waals surface area contributed by atoms with E-state index in [9.17, 15) is 9.59 Å². The summed E-state index contributed by atoms with van der Waals surface area (Å²) in [6.45, 7) is 2.87. The Bertz CT molecular complexity index is 963. The van der Waals surface area contributed by atoms with Crippen LogP contribution >= 0.6 is 0 Å². The number of fused-ring (bicyclic) bond motifs is 1. The molecule has 3 aromatic rings. The topological polar surface area (TPSA) is 78.1 Å². The van der Waals surface area contributed by atoms with Gasteiger partial charge in [0.05, 0.1) is 11.2 Å². The molecule has 0 saturated carbocycles. The number of carbonyl (C=O) groups excluding carboxylic acids is 2. The summed E-state index contributed by atoms with van der Waals surface area (Å²) in [6.07, 6.45) is 4.41. The minimum absolute atomic E-state index is 0.0166. The average Bonchev–Trinajstić information content (AvgIpc) is 3.15. The third-order valence-corrected chi connectivity index (χ3v) is 4.42. The van der Waals surface area contributed by atoms with Crippen molar-refractivity contribution in [2.75, 3.05) is 18.0 Å². The molecular weight excluding hydrogens is 352 g/mol. The summed E-state index contributed by atoms with van der Waals surface area (Å²) in [5.74, 6) is -0.108. The lowest BCUT2D eigenvalue weighted by Gasteiger charge is -2.21. The van der Waals surface area contributed by atoms with E-state index >= 15 is 0 Å². The van der Waals surface area contributed by atoms with Gasteiger partial charge in [-0.25, -0.2) is 0 Å². The van der Waals surface area contributed by atoms with Gasteiger partial charge in [-0.1, -0.05) is 43.3 Å². The smallest absolute Gasteiger partial charge is 0.251 e. The van der Waals surface area contributed by atoms with E-state index in [1.165, 1.54) is 0 Å². The summed E-state index contributed by atoms with van der Waals surface area (Å²) < 4.78 is 0. The number of H-pyrrole nitrogens is 1. The summed E-state index contributed by atoms with van der Waals surface area (Å²) in [5.41, 5.74) is 2.49. The number of hydrogen-bond acceptors (Lipinski definition) is 3. The van der Waals surface area contributed by atoms with E-state index < -0.39 is 0 Å². The number of nitrogens with one attached hydrogen (secondary N) is 2. The second-order valence-electron chi connectivity index (χ2n) is 6.37. The minimum atomic E-state index is -0.125. The van der Waals surface area contributed by atoms with E-state index in [4.69, 9.17) is 0 Å². The van der Waals surface area contributed by atoms with Gasteiger partial charge in [0.1, 0.15) is 0 Å². The first-order chi connectivity index (χ1) is 13.7. The van der Waals surface area contributed by atoms with E-state index in [0.717, 1.165) is 22.3 Å². The predicted octanol–water partition coefficient (Wildman–Crippen LogP) is 3.53. The normalized spacial score (nSPS) is 11.0. The van der Waals surface area contributed by atoms with E-state index in [-0.39, 0.29) is 11.8 Å². The first kappa shape index (κ1) is 19.4. The van der Waals surface area contributed by atoms with Crippen molar-refractivity contribution in [3.05, 3.63) is 66.4 Å². The van der Waals surface area contributed by atoms with Crippen LogP contribution in [0.15, 0.2) is 60.7 Å². The van der Waals surface area contributed by atoms with Gasteiger partial charge in [0.15, 0.2) is 0 Å². The van der Waals surface area contributed by atoms with Crippen LogP contribution in [0.25, 0.3) is 17.0 Å². The molecule has 2 amide bonds. The molecule has 1 aromatic heterocycles. The zero-order valence-electron chi connectivity index (χ0n) is 15.9. The molecule has 0 bridgehead atoms. The maximum Gasteiger partial charge on any atom is 0.251 e. The molecule has 0 fully saturated rings. The lowest BCUT2D eigenvalue weighted by molar-refractivity contribution is -0.120. The Balaban J connectivity index is 1.71. The fourth-order valence-corrected chi connectivity index (χ4v) is 2.92. The summed E-state index contributed by atoms with van der Waals surface area (Å²) in [6, 6.07) is 17.3. The summed E-state index contributed by atoms with van der Waals surface area (Å²) in [7, 11) is 0. The van der Waals surface area contributed by atoms with Crippen LogP contribution < -0.4 is 10.2 Å². The van der Waals surface area contributed by atoms with Crippen molar-refractivity contribution in [1.29, 1.82) is 0 Å². The van der Waals surface area contributed by atoms with Gasteiger partial charge in [-0.2, -0.15) is 5.10 Å². The Morgan fingerprint density at radius 1 is 1.11 bits per heavy atom. The van der Waals surface area contributed by atoms with Gasteiger partial charge in [-0.05, 0) is 30.7 Å². The number of aromatic nitrogens is 2. The molecule has 0 spiro atoms. The molecule has 0 unspecified atom stereocenters. The largest absolute Gasteiger partial charge is 0.356 e. The minimum Gasteiger partial charge on any atom is -0.356 e. The number of para-hydroxylation sites is 2. The van der Waals surface area contributed by atoms with Gasteiger partial charge < -0.3 is 10.2 Å². The number of hydrogen-bond donors (Lipinski definition) is 2. The molecule has 6 nitrogen and oxygen atoms in total. The Kier molecular flexibility index (Phi) is 6.57. The SMILES string of the molecule is CCC(=O)NCCCN(C(=O)/C=C/c1n[nH]c2ccccc12)c1ccccc1. The van der Waals surface area contributed by atoms with Crippen molar-refractivity contribution in [1.82, 2.24) is 15.5 Å². The van der Waals surface area contributed by atoms with Crippen molar-refractivity contribution in [2.45, 2.75) is 19.8 Å². The number of aromatic amines is 1.